The molecule has 23 heavy (non-hydrogen) atoms. The Morgan fingerprint density at radius 1 is 1.39 bits per heavy atom. The van der Waals surface area contributed by atoms with Crippen LogP contribution in [0.1, 0.15) is 28.1 Å². The summed E-state index contributed by atoms with van der Waals surface area (Å²) in [6, 6.07) is 7.55. The summed E-state index contributed by atoms with van der Waals surface area (Å²) in [5.41, 5.74) is 1.46. The maximum Gasteiger partial charge on any atom is 0.270 e. The molecule has 1 amide bonds. The van der Waals surface area contributed by atoms with Crippen LogP contribution in [0.25, 0.3) is 10.9 Å². The number of carbonyl (C=O) groups is 1. The zero-order chi connectivity index (χ0) is 16.0. The highest BCUT2D eigenvalue weighted by Crippen LogP contribution is 2.28. The van der Waals surface area contributed by atoms with Crippen molar-refractivity contribution < 1.29 is 14.1 Å². The third kappa shape index (κ3) is 2.34. The first-order chi connectivity index (χ1) is 11.1. The van der Waals surface area contributed by atoms with Crippen molar-refractivity contribution in [2.75, 3.05) is 20.2 Å². The molecular weight excluding hydrogens is 296 g/mol. The molecule has 0 bridgehead atoms. The number of benzene rings is 1. The van der Waals surface area contributed by atoms with Crippen LogP contribution in [-0.2, 0) is 0 Å². The van der Waals surface area contributed by atoms with Gasteiger partial charge >= 0.3 is 0 Å². The highest BCUT2D eigenvalue weighted by Gasteiger charge is 2.36. The molecule has 2 aromatic heterocycles. The minimum atomic E-state index is -0.0207. The fraction of sp³-hybridized carbons (Fsp3) is 0.312. The Balaban J connectivity index is 1.49. The van der Waals surface area contributed by atoms with Gasteiger partial charge in [-0.1, -0.05) is 5.16 Å². The monoisotopic (exact) mass is 312 g/mol. The van der Waals surface area contributed by atoms with Crippen molar-refractivity contribution in [2.24, 2.45) is 0 Å². The average Bonchev–Trinajstić information content (AvgIpc) is 3.11. The molecule has 1 N–H and O–H groups in total. The van der Waals surface area contributed by atoms with Crippen molar-refractivity contribution in [1.29, 1.82) is 0 Å². The molecule has 3 heterocycles. The first kappa shape index (κ1) is 13.8. The molecule has 1 fully saturated rings. The van der Waals surface area contributed by atoms with Gasteiger partial charge in [0.05, 0.1) is 13.0 Å². The first-order valence-electron chi connectivity index (χ1n) is 7.40. The Morgan fingerprint density at radius 2 is 2.22 bits per heavy atom. The second-order valence-corrected chi connectivity index (χ2v) is 5.72. The Labute approximate surface area is 132 Å². The van der Waals surface area contributed by atoms with Crippen molar-refractivity contribution in [3.8, 4) is 5.75 Å². The zero-order valence-corrected chi connectivity index (χ0v) is 12.9. The van der Waals surface area contributed by atoms with E-state index >= 15 is 0 Å². The first-order valence-corrected chi connectivity index (χ1v) is 7.40. The number of ether oxygens (including phenoxy) is 1. The normalized spacial score (nSPS) is 15.0. The molecule has 1 aliphatic heterocycles. The molecule has 7 nitrogen and oxygen atoms in total. The molecule has 1 aliphatic rings. The van der Waals surface area contributed by atoms with Crippen LogP contribution < -0.4 is 4.74 Å². The van der Waals surface area contributed by atoms with Gasteiger partial charge in [0.2, 0.25) is 5.89 Å². The van der Waals surface area contributed by atoms with E-state index < -0.39 is 0 Å². The van der Waals surface area contributed by atoms with E-state index in [1.165, 1.54) is 0 Å². The number of hydrogen-bond donors (Lipinski definition) is 1. The van der Waals surface area contributed by atoms with Gasteiger partial charge in [0, 0.05) is 30.1 Å². The van der Waals surface area contributed by atoms with Gasteiger partial charge in [0.25, 0.3) is 5.91 Å². The minimum Gasteiger partial charge on any atom is -0.497 e. The van der Waals surface area contributed by atoms with Crippen molar-refractivity contribution in [3.05, 3.63) is 41.7 Å². The molecule has 0 atom stereocenters. The highest BCUT2D eigenvalue weighted by atomic mass is 16.5. The van der Waals surface area contributed by atoms with Gasteiger partial charge in [-0.15, -0.1) is 0 Å². The Bertz CT molecular complexity index is 876. The lowest BCUT2D eigenvalue weighted by molar-refractivity contribution is 0.0564. The molecule has 1 aromatic carbocycles. The SMILES string of the molecule is COc1ccc2cc(C(=O)N3CC(c4nc(C)no4)C3)[nH]c2c1. The van der Waals surface area contributed by atoms with Gasteiger partial charge in [0.1, 0.15) is 11.4 Å². The van der Waals surface area contributed by atoms with E-state index in [0.717, 1.165) is 16.7 Å². The summed E-state index contributed by atoms with van der Waals surface area (Å²) < 4.78 is 10.4. The number of hydrogen-bond acceptors (Lipinski definition) is 5. The lowest BCUT2D eigenvalue weighted by atomic mass is 10.00. The third-order valence-corrected chi connectivity index (χ3v) is 4.12. The minimum absolute atomic E-state index is 0.0207. The Morgan fingerprint density at radius 3 is 2.91 bits per heavy atom. The summed E-state index contributed by atoms with van der Waals surface area (Å²) in [6.07, 6.45) is 0. The van der Waals surface area contributed by atoms with Crippen LogP contribution in [0.15, 0.2) is 28.8 Å². The van der Waals surface area contributed by atoms with E-state index in [9.17, 15) is 4.79 Å². The molecule has 0 aliphatic carbocycles. The smallest absolute Gasteiger partial charge is 0.270 e. The quantitative estimate of drug-likeness (QED) is 0.800. The fourth-order valence-corrected chi connectivity index (χ4v) is 2.80. The number of likely N-dealkylation sites (tertiary alicyclic amines) is 1. The van der Waals surface area contributed by atoms with Crippen LogP contribution in [0, 0.1) is 6.92 Å². The highest BCUT2D eigenvalue weighted by molar-refractivity contribution is 5.98. The van der Waals surface area contributed by atoms with Crippen molar-refractivity contribution in [3.63, 3.8) is 0 Å². The largest absolute Gasteiger partial charge is 0.497 e. The van der Waals surface area contributed by atoms with E-state index in [4.69, 9.17) is 9.26 Å². The fourth-order valence-electron chi connectivity index (χ4n) is 2.80. The van der Waals surface area contributed by atoms with Crippen LogP contribution in [0.5, 0.6) is 5.75 Å². The topological polar surface area (TPSA) is 84.2 Å². The number of H-pyrrole nitrogens is 1. The number of aromatic nitrogens is 3. The van der Waals surface area contributed by atoms with Crippen LogP contribution in [0.2, 0.25) is 0 Å². The Kier molecular flexibility index (Phi) is 3.07. The second-order valence-electron chi connectivity index (χ2n) is 5.72. The molecule has 0 unspecified atom stereocenters. The average molecular weight is 312 g/mol. The van der Waals surface area contributed by atoms with Crippen molar-refractivity contribution in [2.45, 2.75) is 12.8 Å². The Hall–Kier alpha value is -2.83. The third-order valence-electron chi connectivity index (χ3n) is 4.12. The summed E-state index contributed by atoms with van der Waals surface area (Å²) in [7, 11) is 1.62. The number of nitrogens with zero attached hydrogens (tertiary/aromatic N) is 3. The van der Waals surface area contributed by atoms with Gasteiger partial charge in [-0.2, -0.15) is 4.98 Å². The molecule has 118 valence electrons. The predicted molar refractivity (Wildman–Crippen MR) is 82.5 cm³/mol. The number of amides is 1. The summed E-state index contributed by atoms with van der Waals surface area (Å²) in [5.74, 6) is 2.09. The molecule has 0 radical (unpaired) electrons. The molecule has 0 saturated carbocycles. The van der Waals surface area contributed by atoms with Crippen molar-refractivity contribution in [1.82, 2.24) is 20.0 Å². The molecule has 0 spiro atoms. The van der Waals surface area contributed by atoms with E-state index in [0.29, 0.717) is 30.5 Å². The summed E-state index contributed by atoms with van der Waals surface area (Å²) in [4.78, 5) is 21.7. The summed E-state index contributed by atoms with van der Waals surface area (Å²) in [5, 5.41) is 4.77. The van der Waals surface area contributed by atoms with Gasteiger partial charge in [0.15, 0.2) is 5.82 Å². The predicted octanol–water partition coefficient (Wildman–Crippen LogP) is 2.11. The molecule has 3 aromatic rings. The lowest BCUT2D eigenvalue weighted by Gasteiger charge is -2.36. The lowest BCUT2D eigenvalue weighted by Crippen LogP contribution is -2.48. The van der Waals surface area contributed by atoms with Gasteiger partial charge < -0.3 is 19.1 Å². The molecule has 4 rings (SSSR count). The molecule has 7 heteroatoms. The van der Waals surface area contributed by atoms with E-state index in [1.807, 2.05) is 24.3 Å². The number of methoxy groups -OCH3 is 1. The number of fused-ring (bicyclic) bond motifs is 1. The maximum absolute atomic E-state index is 12.5. The van der Waals surface area contributed by atoms with Gasteiger partial charge in [-0.3, -0.25) is 4.79 Å². The number of aryl methyl sites for hydroxylation is 1. The standard InChI is InChI=1S/C16H16N4O3/c1-9-17-15(23-19-9)11-7-20(8-11)16(21)14-5-10-3-4-12(22-2)6-13(10)18-14/h3-6,11,18H,7-8H2,1-2H3. The van der Waals surface area contributed by atoms with E-state index in [1.54, 1.807) is 18.9 Å². The number of aromatic amines is 1. The van der Waals surface area contributed by atoms with E-state index in [2.05, 4.69) is 15.1 Å². The summed E-state index contributed by atoms with van der Waals surface area (Å²) >= 11 is 0. The second kappa shape index (κ2) is 5.12. The van der Waals surface area contributed by atoms with Crippen LogP contribution in [-0.4, -0.2) is 46.1 Å². The van der Waals surface area contributed by atoms with E-state index in [-0.39, 0.29) is 11.8 Å². The molecular formula is C16H16N4O3. The number of rotatable bonds is 3. The zero-order valence-electron chi connectivity index (χ0n) is 12.9. The van der Waals surface area contributed by atoms with Crippen LogP contribution in [0.4, 0.5) is 0 Å². The molecule has 1 saturated heterocycles. The van der Waals surface area contributed by atoms with Gasteiger partial charge in [-0.05, 0) is 25.1 Å². The van der Waals surface area contributed by atoms with Crippen LogP contribution in [0.3, 0.4) is 0 Å². The van der Waals surface area contributed by atoms with Crippen LogP contribution >= 0.6 is 0 Å². The number of nitrogens with one attached hydrogen (secondary N) is 1. The number of carbonyl (C=O) groups excluding carboxylic acids is 1. The summed E-state index contributed by atoms with van der Waals surface area (Å²) in [6.45, 7) is 2.98. The maximum atomic E-state index is 12.5. The van der Waals surface area contributed by atoms with Crippen molar-refractivity contribution >= 4 is 16.8 Å². The van der Waals surface area contributed by atoms with Gasteiger partial charge in [-0.25, -0.2) is 0 Å².